The Morgan fingerprint density at radius 2 is 1.88 bits per heavy atom. The van der Waals surface area contributed by atoms with Crippen molar-refractivity contribution >= 4 is 0 Å². The quantitative estimate of drug-likeness (QED) is 0.722. The zero-order chi connectivity index (χ0) is 16.4. The van der Waals surface area contributed by atoms with Gasteiger partial charge in [0.05, 0.1) is 6.54 Å². The minimum Gasteiger partial charge on any atom is -0.488 e. The van der Waals surface area contributed by atoms with Gasteiger partial charge in [0, 0.05) is 18.5 Å². The Morgan fingerprint density at radius 3 is 2.71 bits per heavy atom. The molecule has 1 aliphatic heterocycles. The van der Waals surface area contributed by atoms with Crippen molar-refractivity contribution in [3.05, 3.63) is 66.1 Å². The summed E-state index contributed by atoms with van der Waals surface area (Å²) in [5.74, 6) is 2.25. The molecule has 1 atom stereocenters. The molecule has 0 radical (unpaired) electrons. The smallest absolute Gasteiger partial charge is 0.241 e. The van der Waals surface area contributed by atoms with Gasteiger partial charge in [0.15, 0.2) is 0 Å². The van der Waals surface area contributed by atoms with Crippen molar-refractivity contribution in [3.8, 4) is 17.1 Å². The average molecular weight is 321 g/mol. The van der Waals surface area contributed by atoms with Gasteiger partial charge in [-0.05, 0) is 18.7 Å². The summed E-state index contributed by atoms with van der Waals surface area (Å²) in [5, 5.41) is 4.06. The van der Waals surface area contributed by atoms with Gasteiger partial charge < -0.3 is 9.26 Å². The van der Waals surface area contributed by atoms with Gasteiger partial charge in [-0.2, -0.15) is 4.98 Å². The first-order valence-electron chi connectivity index (χ1n) is 8.09. The Bertz CT molecular complexity index is 791. The number of benzene rings is 2. The summed E-state index contributed by atoms with van der Waals surface area (Å²) >= 11 is 0. The highest BCUT2D eigenvalue weighted by Crippen LogP contribution is 2.28. The van der Waals surface area contributed by atoms with Crippen LogP contribution in [0.5, 0.6) is 5.75 Å². The van der Waals surface area contributed by atoms with Crippen LogP contribution in [-0.2, 0) is 13.0 Å². The molecular formula is C19H19N3O2. The molecule has 2 aromatic carbocycles. The number of hydrogen-bond donors (Lipinski definition) is 0. The number of rotatable bonds is 5. The molecular weight excluding hydrogens is 302 g/mol. The fraction of sp³-hybridized carbons (Fsp3) is 0.263. The van der Waals surface area contributed by atoms with E-state index in [-0.39, 0.29) is 6.10 Å². The Kier molecular flexibility index (Phi) is 4.01. The zero-order valence-electron chi connectivity index (χ0n) is 13.6. The summed E-state index contributed by atoms with van der Waals surface area (Å²) in [6.45, 7) is 1.42. The first-order valence-corrected chi connectivity index (χ1v) is 8.09. The van der Waals surface area contributed by atoms with E-state index in [9.17, 15) is 0 Å². The molecule has 0 bridgehead atoms. The number of ether oxygens (including phenoxy) is 1. The molecule has 3 aromatic rings. The topological polar surface area (TPSA) is 51.4 Å². The number of hydrogen-bond acceptors (Lipinski definition) is 5. The van der Waals surface area contributed by atoms with Crippen LogP contribution in [0.4, 0.5) is 0 Å². The third-order valence-electron chi connectivity index (χ3n) is 4.13. The third-order valence-corrected chi connectivity index (χ3v) is 4.13. The van der Waals surface area contributed by atoms with Crippen molar-refractivity contribution < 1.29 is 9.26 Å². The van der Waals surface area contributed by atoms with Crippen LogP contribution in [0, 0.1) is 0 Å². The summed E-state index contributed by atoms with van der Waals surface area (Å²) in [6, 6.07) is 18.1. The van der Waals surface area contributed by atoms with Crippen LogP contribution in [-0.4, -0.2) is 34.7 Å². The number of nitrogens with zero attached hydrogens (tertiary/aromatic N) is 3. The van der Waals surface area contributed by atoms with Gasteiger partial charge in [-0.1, -0.05) is 53.7 Å². The van der Waals surface area contributed by atoms with Gasteiger partial charge in [0.1, 0.15) is 11.9 Å². The van der Waals surface area contributed by atoms with Gasteiger partial charge in [-0.15, -0.1) is 0 Å². The Hall–Kier alpha value is -2.66. The van der Waals surface area contributed by atoms with Gasteiger partial charge in [0.2, 0.25) is 11.7 Å². The Balaban J connectivity index is 1.36. The van der Waals surface area contributed by atoms with E-state index < -0.39 is 0 Å². The lowest BCUT2D eigenvalue weighted by Crippen LogP contribution is -2.31. The van der Waals surface area contributed by atoms with E-state index >= 15 is 0 Å². The predicted molar refractivity (Wildman–Crippen MR) is 90.6 cm³/mol. The van der Waals surface area contributed by atoms with E-state index in [2.05, 4.69) is 27.2 Å². The lowest BCUT2D eigenvalue weighted by atomic mass is 10.1. The number of para-hydroxylation sites is 1. The van der Waals surface area contributed by atoms with E-state index in [0.29, 0.717) is 18.3 Å². The molecule has 24 heavy (non-hydrogen) atoms. The SMILES string of the molecule is CN(Cc1nc(-c2ccccc2)no1)C[C@@H]1Cc2ccccc2O1. The number of likely N-dealkylation sites (N-methyl/N-ethyl adjacent to an activating group) is 1. The summed E-state index contributed by atoms with van der Waals surface area (Å²) in [7, 11) is 2.04. The molecule has 0 saturated carbocycles. The van der Waals surface area contributed by atoms with E-state index in [4.69, 9.17) is 9.26 Å². The molecule has 0 fully saturated rings. The molecule has 0 N–H and O–H groups in total. The monoisotopic (exact) mass is 321 g/mol. The molecule has 1 aliphatic rings. The van der Waals surface area contributed by atoms with Gasteiger partial charge >= 0.3 is 0 Å². The molecule has 2 heterocycles. The van der Waals surface area contributed by atoms with E-state index in [1.807, 2.05) is 49.5 Å². The molecule has 0 saturated heterocycles. The first kappa shape index (κ1) is 14.9. The predicted octanol–water partition coefficient (Wildman–Crippen LogP) is 3.17. The fourth-order valence-electron chi connectivity index (χ4n) is 3.02. The normalized spacial score (nSPS) is 16.2. The van der Waals surface area contributed by atoms with Crippen molar-refractivity contribution in [2.75, 3.05) is 13.6 Å². The number of fused-ring (bicyclic) bond motifs is 1. The van der Waals surface area contributed by atoms with Crippen molar-refractivity contribution in [1.82, 2.24) is 15.0 Å². The van der Waals surface area contributed by atoms with Gasteiger partial charge in [-0.3, -0.25) is 4.90 Å². The molecule has 4 rings (SSSR count). The fourth-order valence-corrected chi connectivity index (χ4v) is 3.02. The van der Waals surface area contributed by atoms with Crippen LogP contribution in [0.3, 0.4) is 0 Å². The van der Waals surface area contributed by atoms with Crippen molar-refractivity contribution in [3.63, 3.8) is 0 Å². The van der Waals surface area contributed by atoms with Crippen LogP contribution in [0.1, 0.15) is 11.5 Å². The molecule has 0 aliphatic carbocycles. The maximum absolute atomic E-state index is 5.98. The highest BCUT2D eigenvalue weighted by molar-refractivity contribution is 5.53. The standard InChI is InChI=1S/C19H19N3O2/c1-22(12-16-11-15-9-5-6-10-17(15)23-16)13-18-20-19(21-24-18)14-7-3-2-4-8-14/h2-10,16H,11-13H2,1H3/t16-/m0/s1. The lowest BCUT2D eigenvalue weighted by molar-refractivity contribution is 0.155. The van der Waals surface area contributed by atoms with Crippen LogP contribution in [0.2, 0.25) is 0 Å². The average Bonchev–Trinajstić information content (AvgIpc) is 3.21. The van der Waals surface area contributed by atoms with Crippen molar-refractivity contribution in [2.24, 2.45) is 0 Å². The van der Waals surface area contributed by atoms with Crippen molar-refractivity contribution in [2.45, 2.75) is 19.1 Å². The summed E-state index contributed by atoms with van der Waals surface area (Å²) in [5.41, 5.74) is 2.24. The van der Waals surface area contributed by atoms with Crippen LogP contribution in [0.15, 0.2) is 59.1 Å². The highest BCUT2D eigenvalue weighted by Gasteiger charge is 2.24. The summed E-state index contributed by atoms with van der Waals surface area (Å²) in [4.78, 5) is 6.63. The molecule has 0 spiro atoms. The Labute approximate surface area is 140 Å². The second kappa shape index (κ2) is 6.45. The first-order chi connectivity index (χ1) is 11.8. The second-order valence-electron chi connectivity index (χ2n) is 6.13. The minimum absolute atomic E-state index is 0.170. The largest absolute Gasteiger partial charge is 0.488 e. The minimum atomic E-state index is 0.170. The lowest BCUT2D eigenvalue weighted by Gasteiger charge is -2.18. The molecule has 0 amide bonds. The maximum atomic E-state index is 5.98. The van der Waals surface area contributed by atoms with Crippen molar-refractivity contribution in [1.29, 1.82) is 0 Å². The second-order valence-corrected chi connectivity index (χ2v) is 6.13. The summed E-state index contributed by atoms with van der Waals surface area (Å²) < 4.78 is 11.4. The van der Waals surface area contributed by atoms with Crippen LogP contribution >= 0.6 is 0 Å². The Morgan fingerprint density at radius 1 is 1.08 bits per heavy atom. The molecule has 5 nitrogen and oxygen atoms in total. The van der Waals surface area contributed by atoms with Crippen LogP contribution < -0.4 is 4.74 Å². The third kappa shape index (κ3) is 3.16. The highest BCUT2D eigenvalue weighted by atomic mass is 16.5. The molecule has 1 aromatic heterocycles. The van der Waals surface area contributed by atoms with Gasteiger partial charge in [0.25, 0.3) is 0 Å². The van der Waals surface area contributed by atoms with E-state index in [0.717, 1.165) is 24.3 Å². The summed E-state index contributed by atoms with van der Waals surface area (Å²) in [6.07, 6.45) is 1.11. The molecule has 5 heteroatoms. The number of aromatic nitrogens is 2. The van der Waals surface area contributed by atoms with Gasteiger partial charge in [-0.25, -0.2) is 0 Å². The van der Waals surface area contributed by atoms with E-state index in [1.165, 1.54) is 5.56 Å². The molecule has 0 unspecified atom stereocenters. The van der Waals surface area contributed by atoms with Crippen LogP contribution in [0.25, 0.3) is 11.4 Å². The maximum Gasteiger partial charge on any atom is 0.241 e. The molecule has 122 valence electrons. The zero-order valence-corrected chi connectivity index (χ0v) is 13.6. The van der Waals surface area contributed by atoms with E-state index in [1.54, 1.807) is 0 Å².